The van der Waals surface area contributed by atoms with Crippen LogP contribution in [0.3, 0.4) is 0 Å². The van der Waals surface area contributed by atoms with E-state index in [0.717, 1.165) is 25.4 Å². The molecule has 2 aliphatic heterocycles. The lowest BCUT2D eigenvalue weighted by Crippen LogP contribution is -2.53. The number of anilines is 1. The third-order valence-electron chi connectivity index (χ3n) is 5.33. The maximum absolute atomic E-state index is 13.0. The molecule has 1 aliphatic carbocycles. The van der Waals surface area contributed by atoms with Crippen molar-refractivity contribution in [2.75, 3.05) is 31.1 Å². The van der Waals surface area contributed by atoms with Gasteiger partial charge >= 0.3 is 12.1 Å². The van der Waals surface area contributed by atoms with Gasteiger partial charge < -0.3 is 20.1 Å². The minimum Gasteiger partial charge on any atom is -0.475 e. The molecule has 1 amide bonds. The number of fused-ring (bicyclic) bond motifs is 1. The number of nitrogens with one attached hydrogen (secondary N) is 1. The van der Waals surface area contributed by atoms with E-state index in [1.807, 2.05) is 4.90 Å². The number of nitrogens with zero attached hydrogens (tertiary/aromatic N) is 3. The maximum Gasteiger partial charge on any atom is 0.490 e. The Labute approximate surface area is 169 Å². The Bertz CT molecular complexity index is 758. The van der Waals surface area contributed by atoms with Gasteiger partial charge in [0.2, 0.25) is 11.9 Å². The summed E-state index contributed by atoms with van der Waals surface area (Å²) in [5.74, 6) is -1.86. The summed E-state index contributed by atoms with van der Waals surface area (Å²) >= 11 is 0. The van der Waals surface area contributed by atoms with Gasteiger partial charge in [0.15, 0.2) is 5.82 Å². The summed E-state index contributed by atoms with van der Waals surface area (Å²) in [5.41, 5.74) is 0. The minimum absolute atomic E-state index is 0.0223. The van der Waals surface area contributed by atoms with E-state index in [2.05, 4.69) is 15.3 Å². The van der Waals surface area contributed by atoms with E-state index in [9.17, 15) is 22.4 Å². The highest BCUT2D eigenvalue weighted by Gasteiger charge is 2.44. The smallest absolute Gasteiger partial charge is 0.475 e. The number of carboxylic acid groups (broad SMARTS) is 1. The molecule has 1 aromatic heterocycles. The lowest BCUT2D eigenvalue weighted by atomic mass is 9.82. The number of aromatic nitrogens is 2. The average molecular weight is 434 g/mol. The first kappa shape index (κ1) is 22.2. The molecule has 0 radical (unpaired) electrons. The van der Waals surface area contributed by atoms with Gasteiger partial charge in [-0.3, -0.25) is 4.79 Å². The van der Waals surface area contributed by atoms with Gasteiger partial charge in [0.25, 0.3) is 0 Å². The largest absolute Gasteiger partial charge is 0.490 e. The standard InChI is InChI=1S/C16H21FN4O2.C2HF3O2/c17-11-6-19-16(20-7-11)21-8-13(12-3-4-23-14(12)9-21)15(22)18-5-10-1-2-10;3-2(4,5)1(6)7/h6-7,10,12-14H,1-5,8-9H2,(H,18,22);(H,6,7)/t12-,13-,14+;/m0./s1. The Morgan fingerprint density at radius 1 is 1.20 bits per heavy atom. The SMILES string of the molecule is O=C(NCC1CC1)[C@H]1CN(c2ncc(F)cn2)C[C@H]2OCC[C@@H]12.O=C(O)C(F)(F)F. The maximum atomic E-state index is 13.0. The molecule has 1 aromatic rings. The first-order valence-electron chi connectivity index (χ1n) is 9.57. The Morgan fingerprint density at radius 3 is 2.40 bits per heavy atom. The van der Waals surface area contributed by atoms with Crippen LogP contribution in [0.1, 0.15) is 19.3 Å². The van der Waals surface area contributed by atoms with Crippen molar-refractivity contribution in [2.45, 2.75) is 31.5 Å². The number of aliphatic carboxylic acids is 1. The number of alkyl halides is 3. The van der Waals surface area contributed by atoms with Crippen LogP contribution in [-0.4, -0.2) is 65.5 Å². The Hall–Kier alpha value is -2.50. The summed E-state index contributed by atoms with van der Waals surface area (Å²) in [6, 6.07) is 0. The predicted molar refractivity (Wildman–Crippen MR) is 95.0 cm³/mol. The van der Waals surface area contributed by atoms with Crippen molar-refractivity contribution >= 4 is 17.8 Å². The lowest BCUT2D eigenvalue weighted by molar-refractivity contribution is -0.192. The van der Waals surface area contributed by atoms with Gasteiger partial charge in [-0.2, -0.15) is 13.2 Å². The second kappa shape index (κ2) is 9.11. The number of piperidine rings is 1. The quantitative estimate of drug-likeness (QED) is 0.694. The Kier molecular flexibility index (Phi) is 6.74. The van der Waals surface area contributed by atoms with Crippen LogP contribution in [0.4, 0.5) is 23.5 Å². The summed E-state index contributed by atoms with van der Waals surface area (Å²) in [4.78, 5) is 31.5. The highest BCUT2D eigenvalue weighted by Crippen LogP contribution is 2.35. The zero-order valence-electron chi connectivity index (χ0n) is 15.9. The van der Waals surface area contributed by atoms with E-state index in [1.54, 1.807) is 0 Å². The fourth-order valence-corrected chi connectivity index (χ4v) is 3.59. The van der Waals surface area contributed by atoms with Gasteiger partial charge in [0.1, 0.15) is 0 Å². The van der Waals surface area contributed by atoms with Crippen molar-refractivity contribution < 1.29 is 37.0 Å². The number of carbonyl (C=O) groups excluding carboxylic acids is 1. The van der Waals surface area contributed by atoms with Crippen LogP contribution < -0.4 is 10.2 Å². The Morgan fingerprint density at radius 2 is 1.83 bits per heavy atom. The van der Waals surface area contributed by atoms with Gasteiger partial charge in [0, 0.05) is 32.2 Å². The number of rotatable bonds is 4. The van der Waals surface area contributed by atoms with Crippen molar-refractivity contribution in [3.8, 4) is 0 Å². The van der Waals surface area contributed by atoms with Gasteiger partial charge in [-0.1, -0.05) is 0 Å². The second-order valence-corrected chi connectivity index (χ2v) is 7.57. The van der Waals surface area contributed by atoms with Crippen molar-refractivity contribution in [1.29, 1.82) is 0 Å². The van der Waals surface area contributed by atoms with E-state index in [1.165, 1.54) is 12.8 Å². The molecule has 3 fully saturated rings. The van der Waals surface area contributed by atoms with E-state index in [-0.39, 0.29) is 23.8 Å². The van der Waals surface area contributed by atoms with Crippen LogP contribution in [0, 0.1) is 23.6 Å². The van der Waals surface area contributed by atoms with E-state index in [0.29, 0.717) is 31.6 Å². The molecular formula is C18H22F4N4O4. The molecule has 3 aliphatic rings. The molecule has 12 heteroatoms. The number of ether oxygens (including phenoxy) is 1. The number of amides is 1. The van der Waals surface area contributed by atoms with Gasteiger partial charge in [0.05, 0.1) is 24.4 Å². The molecule has 3 atom stereocenters. The molecule has 0 unspecified atom stereocenters. The first-order valence-corrected chi connectivity index (χ1v) is 9.57. The molecule has 8 nitrogen and oxygen atoms in total. The van der Waals surface area contributed by atoms with Crippen LogP contribution in [0.15, 0.2) is 12.4 Å². The molecule has 2 N–H and O–H groups in total. The third-order valence-corrected chi connectivity index (χ3v) is 5.33. The van der Waals surface area contributed by atoms with Crippen LogP contribution in [0.5, 0.6) is 0 Å². The minimum atomic E-state index is -5.08. The Balaban J connectivity index is 0.000000318. The van der Waals surface area contributed by atoms with E-state index >= 15 is 0 Å². The number of hydrogen-bond acceptors (Lipinski definition) is 6. The molecule has 0 aromatic carbocycles. The fourth-order valence-electron chi connectivity index (χ4n) is 3.59. The molecule has 3 heterocycles. The summed E-state index contributed by atoms with van der Waals surface area (Å²) < 4.78 is 50.6. The molecule has 1 saturated carbocycles. The number of carboxylic acids is 1. The van der Waals surface area contributed by atoms with Gasteiger partial charge in [-0.15, -0.1) is 0 Å². The van der Waals surface area contributed by atoms with Crippen LogP contribution >= 0.6 is 0 Å². The molecular weight excluding hydrogens is 412 g/mol. The topological polar surface area (TPSA) is 105 Å². The number of halogens is 4. The fraction of sp³-hybridized carbons (Fsp3) is 0.667. The number of hydrogen-bond donors (Lipinski definition) is 2. The highest BCUT2D eigenvalue weighted by molar-refractivity contribution is 5.80. The summed E-state index contributed by atoms with van der Waals surface area (Å²) in [6.07, 6.45) is 0.613. The van der Waals surface area contributed by atoms with Crippen LogP contribution in [0.2, 0.25) is 0 Å². The second-order valence-electron chi connectivity index (χ2n) is 7.57. The monoisotopic (exact) mass is 434 g/mol. The van der Waals surface area contributed by atoms with Gasteiger partial charge in [-0.05, 0) is 25.2 Å². The highest BCUT2D eigenvalue weighted by atomic mass is 19.4. The van der Waals surface area contributed by atoms with Crippen LogP contribution in [0.25, 0.3) is 0 Å². The normalized spacial score (nSPS) is 25.7. The third kappa shape index (κ3) is 5.77. The molecule has 4 rings (SSSR count). The van der Waals surface area contributed by atoms with E-state index in [4.69, 9.17) is 14.6 Å². The molecule has 0 spiro atoms. The summed E-state index contributed by atoms with van der Waals surface area (Å²) in [5, 5.41) is 10.2. The molecule has 166 valence electrons. The summed E-state index contributed by atoms with van der Waals surface area (Å²) in [6.45, 7) is 2.69. The van der Waals surface area contributed by atoms with E-state index < -0.39 is 18.0 Å². The first-order chi connectivity index (χ1) is 14.1. The predicted octanol–water partition coefficient (Wildman–Crippen LogP) is 1.62. The molecule has 30 heavy (non-hydrogen) atoms. The van der Waals surface area contributed by atoms with Crippen molar-refractivity contribution in [3.05, 3.63) is 18.2 Å². The van der Waals surface area contributed by atoms with Crippen molar-refractivity contribution in [3.63, 3.8) is 0 Å². The summed E-state index contributed by atoms with van der Waals surface area (Å²) in [7, 11) is 0. The zero-order chi connectivity index (χ0) is 21.9. The lowest BCUT2D eigenvalue weighted by Gasteiger charge is -2.39. The van der Waals surface area contributed by atoms with Crippen molar-refractivity contribution in [2.24, 2.45) is 17.8 Å². The zero-order valence-corrected chi connectivity index (χ0v) is 15.9. The van der Waals surface area contributed by atoms with Crippen molar-refractivity contribution in [1.82, 2.24) is 15.3 Å². The van der Waals surface area contributed by atoms with Gasteiger partial charge in [-0.25, -0.2) is 19.2 Å². The average Bonchev–Trinajstić information content (AvgIpc) is 3.40. The van der Waals surface area contributed by atoms with Crippen LogP contribution in [-0.2, 0) is 14.3 Å². The molecule has 0 bridgehead atoms. The molecule has 2 saturated heterocycles. The number of carbonyl (C=O) groups is 2.